The number of pyridine rings is 1. The zero-order valence-corrected chi connectivity index (χ0v) is 12.0. The highest BCUT2D eigenvalue weighted by Crippen LogP contribution is 2.05. The first-order valence-electron chi connectivity index (χ1n) is 5.68. The Labute approximate surface area is 119 Å². The molecule has 2 N–H and O–H groups in total. The number of nitrogens with two attached hydrogens (primary N) is 1. The quantitative estimate of drug-likeness (QED) is 0.804. The zero-order valence-electron chi connectivity index (χ0n) is 11.2. The van der Waals surface area contributed by atoms with Crippen LogP contribution in [0.3, 0.4) is 0 Å². The van der Waals surface area contributed by atoms with E-state index in [-0.39, 0.29) is 18.3 Å². The van der Waals surface area contributed by atoms with Crippen molar-refractivity contribution in [1.29, 1.82) is 0 Å². The number of carbonyl (C=O) groups is 1. The van der Waals surface area contributed by atoms with Crippen LogP contribution in [0.5, 0.6) is 0 Å². The van der Waals surface area contributed by atoms with E-state index >= 15 is 0 Å². The van der Waals surface area contributed by atoms with Gasteiger partial charge in [0.2, 0.25) is 0 Å². The van der Waals surface area contributed by atoms with Gasteiger partial charge in [-0.15, -0.1) is 12.4 Å². The lowest BCUT2D eigenvalue weighted by Crippen LogP contribution is -2.37. The Hall–Kier alpha value is -1.37. The van der Waals surface area contributed by atoms with Crippen molar-refractivity contribution in [3.05, 3.63) is 23.9 Å². The number of nitrogens with zero attached hydrogens (tertiary/aromatic N) is 2. The first-order chi connectivity index (χ1) is 8.69. The van der Waals surface area contributed by atoms with Gasteiger partial charge in [-0.05, 0) is 12.1 Å². The number of nitrogen functional groups attached to an aromatic ring is 1. The van der Waals surface area contributed by atoms with Gasteiger partial charge in [0.05, 0.1) is 13.2 Å². The van der Waals surface area contributed by atoms with Crippen LogP contribution < -0.4 is 5.73 Å². The standard InChI is InChI=1S/C12H19N3O3.ClH/c1-17-8-6-15(7-9-18-2)12(16)10-4-3-5-11(13)14-10;/h3-5H,6-9H2,1-2H3,(H2,13,14);1H. The molecule has 0 unspecified atom stereocenters. The summed E-state index contributed by atoms with van der Waals surface area (Å²) in [6, 6.07) is 5.00. The molecule has 6 nitrogen and oxygen atoms in total. The lowest BCUT2D eigenvalue weighted by Gasteiger charge is -2.21. The molecule has 0 aromatic carbocycles. The average Bonchev–Trinajstić information content (AvgIpc) is 2.38. The molecule has 1 rings (SSSR count). The molecule has 108 valence electrons. The summed E-state index contributed by atoms with van der Waals surface area (Å²) >= 11 is 0. The molecule has 0 radical (unpaired) electrons. The molecule has 0 saturated carbocycles. The normalized spacial score (nSPS) is 9.79. The van der Waals surface area contributed by atoms with Crippen LogP contribution in [0.25, 0.3) is 0 Å². The van der Waals surface area contributed by atoms with Gasteiger partial charge >= 0.3 is 0 Å². The van der Waals surface area contributed by atoms with Crippen LogP contribution >= 0.6 is 12.4 Å². The lowest BCUT2D eigenvalue weighted by atomic mass is 10.3. The fraction of sp³-hybridized carbons (Fsp3) is 0.500. The summed E-state index contributed by atoms with van der Waals surface area (Å²) in [5.74, 6) is 0.163. The summed E-state index contributed by atoms with van der Waals surface area (Å²) in [4.78, 5) is 17.9. The molecule has 0 atom stereocenters. The maximum atomic E-state index is 12.2. The maximum absolute atomic E-state index is 12.2. The van der Waals surface area contributed by atoms with Crippen molar-refractivity contribution < 1.29 is 14.3 Å². The van der Waals surface area contributed by atoms with Gasteiger partial charge in [0, 0.05) is 27.3 Å². The van der Waals surface area contributed by atoms with E-state index in [1.807, 2.05) is 0 Å². The number of anilines is 1. The van der Waals surface area contributed by atoms with E-state index in [0.717, 1.165) is 0 Å². The number of halogens is 1. The monoisotopic (exact) mass is 289 g/mol. The van der Waals surface area contributed by atoms with Gasteiger partial charge in [-0.3, -0.25) is 4.79 Å². The third-order valence-electron chi connectivity index (χ3n) is 2.41. The van der Waals surface area contributed by atoms with Gasteiger partial charge in [-0.2, -0.15) is 0 Å². The smallest absolute Gasteiger partial charge is 0.272 e. The summed E-state index contributed by atoms with van der Waals surface area (Å²) in [5.41, 5.74) is 5.90. The predicted octanol–water partition coefficient (Wildman–Crippen LogP) is 0.821. The number of hydrogen-bond donors (Lipinski definition) is 1. The number of ether oxygens (including phenoxy) is 2. The lowest BCUT2D eigenvalue weighted by molar-refractivity contribution is 0.0622. The number of amides is 1. The van der Waals surface area contributed by atoms with Gasteiger partial charge in [0.15, 0.2) is 0 Å². The first-order valence-corrected chi connectivity index (χ1v) is 5.68. The van der Waals surface area contributed by atoms with E-state index in [0.29, 0.717) is 37.8 Å². The van der Waals surface area contributed by atoms with Crippen LogP contribution in [0.4, 0.5) is 5.82 Å². The predicted molar refractivity (Wildman–Crippen MR) is 75.6 cm³/mol. The zero-order chi connectivity index (χ0) is 13.4. The summed E-state index contributed by atoms with van der Waals surface area (Å²) in [7, 11) is 3.19. The Morgan fingerprint density at radius 2 is 1.84 bits per heavy atom. The van der Waals surface area contributed by atoms with Gasteiger partial charge in [0.1, 0.15) is 11.5 Å². The second kappa shape index (κ2) is 9.55. The van der Waals surface area contributed by atoms with Crippen molar-refractivity contribution >= 4 is 24.1 Å². The number of hydrogen-bond acceptors (Lipinski definition) is 5. The van der Waals surface area contributed by atoms with Crippen LogP contribution in [0.2, 0.25) is 0 Å². The van der Waals surface area contributed by atoms with Crippen molar-refractivity contribution in [1.82, 2.24) is 9.88 Å². The molecule has 0 aliphatic carbocycles. The molecular weight excluding hydrogens is 270 g/mol. The summed E-state index contributed by atoms with van der Waals surface area (Å²) in [5, 5.41) is 0. The molecule has 0 bridgehead atoms. The first kappa shape index (κ1) is 17.6. The molecule has 0 aliphatic rings. The second-order valence-corrected chi connectivity index (χ2v) is 3.73. The van der Waals surface area contributed by atoms with E-state index in [1.165, 1.54) is 0 Å². The Balaban J connectivity index is 0.00000324. The SMILES string of the molecule is COCCN(CCOC)C(=O)c1cccc(N)n1.Cl. The highest BCUT2D eigenvalue weighted by molar-refractivity contribution is 5.92. The molecule has 1 aromatic heterocycles. The molecule has 1 heterocycles. The average molecular weight is 290 g/mol. The topological polar surface area (TPSA) is 77.7 Å². The van der Waals surface area contributed by atoms with Crippen molar-refractivity contribution in [3.63, 3.8) is 0 Å². The Morgan fingerprint density at radius 3 is 2.32 bits per heavy atom. The van der Waals surface area contributed by atoms with Crippen molar-refractivity contribution in [2.24, 2.45) is 0 Å². The van der Waals surface area contributed by atoms with Gasteiger partial charge in [-0.1, -0.05) is 6.07 Å². The molecule has 0 aliphatic heterocycles. The number of aromatic nitrogens is 1. The Morgan fingerprint density at radius 1 is 1.26 bits per heavy atom. The highest BCUT2D eigenvalue weighted by Gasteiger charge is 2.16. The summed E-state index contributed by atoms with van der Waals surface area (Å²) in [6.45, 7) is 1.93. The molecule has 1 amide bonds. The molecule has 0 saturated heterocycles. The van der Waals surface area contributed by atoms with Crippen molar-refractivity contribution in [2.45, 2.75) is 0 Å². The van der Waals surface area contributed by atoms with Gasteiger partial charge in [-0.25, -0.2) is 4.98 Å². The van der Waals surface area contributed by atoms with Crippen LogP contribution in [0.1, 0.15) is 10.5 Å². The van der Waals surface area contributed by atoms with Crippen molar-refractivity contribution in [2.75, 3.05) is 46.3 Å². The summed E-state index contributed by atoms with van der Waals surface area (Å²) in [6.07, 6.45) is 0. The van der Waals surface area contributed by atoms with Crippen LogP contribution in [-0.2, 0) is 9.47 Å². The largest absolute Gasteiger partial charge is 0.384 e. The third kappa shape index (κ3) is 5.87. The molecule has 0 fully saturated rings. The molecular formula is C12H20ClN3O3. The minimum Gasteiger partial charge on any atom is -0.384 e. The Bertz CT molecular complexity index is 382. The third-order valence-corrected chi connectivity index (χ3v) is 2.41. The Kier molecular flexibility index (Phi) is 8.86. The van der Waals surface area contributed by atoms with E-state index < -0.39 is 0 Å². The van der Waals surface area contributed by atoms with E-state index in [4.69, 9.17) is 15.2 Å². The van der Waals surface area contributed by atoms with Gasteiger partial charge < -0.3 is 20.1 Å². The van der Waals surface area contributed by atoms with E-state index in [9.17, 15) is 4.79 Å². The second-order valence-electron chi connectivity index (χ2n) is 3.73. The number of methoxy groups -OCH3 is 2. The number of rotatable bonds is 7. The summed E-state index contributed by atoms with van der Waals surface area (Å²) < 4.78 is 9.96. The maximum Gasteiger partial charge on any atom is 0.272 e. The van der Waals surface area contributed by atoms with Crippen molar-refractivity contribution in [3.8, 4) is 0 Å². The molecule has 0 spiro atoms. The molecule has 7 heteroatoms. The van der Waals surface area contributed by atoms with Crippen LogP contribution in [0, 0.1) is 0 Å². The minimum absolute atomic E-state index is 0. The van der Waals surface area contributed by atoms with E-state index in [1.54, 1.807) is 37.3 Å². The van der Waals surface area contributed by atoms with Crippen LogP contribution in [0.15, 0.2) is 18.2 Å². The van der Waals surface area contributed by atoms with Gasteiger partial charge in [0.25, 0.3) is 5.91 Å². The minimum atomic E-state index is -0.170. The van der Waals surface area contributed by atoms with Crippen LogP contribution in [-0.4, -0.2) is 56.3 Å². The highest BCUT2D eigenvalue weighted by atomic mass is 35.5. The molecule has 1 aromatic rings. The molecule has 19 heavy (non-hydrogen) atoms. The fourth-order valence-electron chi connectivity index (χ4n) is 1.45. The van der Waals surface area contributed by atoms with E-state index in [2.05, 4.69) is 4.98 Å². The number of carbonyl (C=O) groups excluding carboxylic acids is 1. The fourth-order valence-corrected chi connectivity index (χ4v) is 1.45.